The van der Waals surface area contributed by atoms with E-state index in [1.807, 2.05) is 0 Å². The minimum absolute atomic E-state index is 0.232. The van der Waals surface area contributed by atoms with E-state index in [1.165, 1.54) is 56.7 Å². The van der Waals surface area contributed by atoms with Gasteiger partial charge in [0.25, 0.3) is 0 Å². The van der Waals surface area contributed by atoms with Crippen LogP contribution in [0.1, 0.15) is 64.7 Å². The SMILES string of the molecule is CC(=O)SCCCCCCCCCCCN=[N+]=[N-]. The van der Waals surface area contributed by atoms with Crippen LogP contribution in [0, 0.1) is 0 Å². The predicted molar refractivity (Wildman–Crippen MR) is 78.7 cm³/mol. The lowest BCUT2D eigenvalue weighted by atomic mass is 10.1. The summed E-state index contributed by atoms with van der Waals surface area (Å²) in [5.41, 5.74) is 8.10. The van der Waals surface area contributed by atoms with Crippen molar-refractivity contribution in [2.24, 2.45) is 5.11 Å². The van der Waals surface area contributed by atoms with E-state index >= 15 is 0 Å². The third kappa shape index (κ3) is 15.3. The van der Waals surface area contributed by atoms with Gasteiger partial charge in [-0.3, -0.25) is 4.79 Å². The van der Waals surface area contributed by atoms with Crippen molar-refractivity contribution in [3.63, 3.8) is 0 Å². The Morgan fingerprint density at radius 3 is 2.00 bits per heavy atom. The molecular weight excluding hydrogens is 246 g/mol. The number of hydrogen-bond acceptors (Lipinski definition) is 3. The Balaban J connectivity index is 2.98. The second kappa shape index (κ2) is 14.4. The van der Waals surface area contributed by atoms with Gasteiger partial charge in [0, 0.05) is 24.1 Å². The number of hydrogen-bond donors (Lipinski definition) is 0. The smallest absolute Gasteiger partial charge is 0.185 e. The van der Waals surface area contributed by atoms with Crippen LogP contribution < -0.4 is 0 Å². The lowest BCUT2D eigenvalue weighted by Crippen LogP contribution is -1.87. The first kappa shape index (κ1) is 17.3. The molecule has 0 unspecified atom stereocenters. The topological polar surface area (TPSA) is 65.8 Å². The maximum Gasteiger partial charge on any atom is 0.185 e. The number of thioether (sulfide) groups is 1. The van der Waals surface area contributed by atoms with Crippen molar-refractivity contribution in [2.45, 2.75) is 64.7 Å². The lowest BCUT2D eigenvalue weighted by Gasteiger charge is -2.01. The summed E-state index contributed by atoms with van der Waals surface area (Å²) in [7, 11) is 0. The standard InChI is InChI=1S/C13H25N3OS/c1-13(17)18-12-10-8-6-4-2-3-5-7-9-11-15-16-14/h2-12H2,1H3. The normalized spacial score (nSPS) is 10.1. The molecule has 0 heterocycles. The minimum Gasteiger partial charge on any atom is -0.288 e. The van der Waals surface area contributed by atoms with E-state index in [0.717, 1.165) is 18.6 Å². The largest absolute Gasteiger partial charge is 0.288 e. The van der Waals surface area contributed by atoms with Gasteiger partial charge in [0.05, 0.1) is 0 Å². The average Bonchev–Trinajstić information content (AvgIpc) is 2.34. The molecule has 0 aromatic rings. The third-order valence-corrected chi connectivity index (χ3v) is 3.67. The van der Waals surface area contributed by atoms with E-state index in [2.05, 4.69) is 10.0 Å². The molecule has 0 fully saturated rings. The van der Waals surface area contributed by atoms with E-state index in [-0.39, 0.29) is 5.12 Å². The first-order valence-corrected chi connectivity index (χ1v) is 7.90. The monoisotopic (exact) mass is 271 g/mol. The van der Waals surface area contributed by atoms with Crippen molar-refractivity contribution >= 4 is 16.9 Å². The Bertz CT molecular complexity index is 241. The number of nitrogens with zero attached hydrogens (tertiary/aromatic N) is 3. The van der Waals surface area contributed by atoms with E-state index in [9.17, 15) is 4.79 Å². The number of unbranched alkanes of at least 4 members (excludes halogenated alkanes) is 8. The Morgan fingerprint density at radius 2 is 1.50 bits per heavy atom. The van der Waals surface area contributed by atoms with Crippen LogP contribution in [0.15, 0.2) is 5.11 Å². The van der Waals surface area contributed by atoms with Gasteiger partial charge >= 0.3 is 0 Å². The molecule has 4 nitrogen and oxygen atoms in total. The highest BCUT2D eigenvalue weighted by Gasteiger charge is 1.95. The molecule has 0 aromatic carbocycles. The molecule has 0 amide bonds. The van der Waals surface area contributed by atoms with Crippen LogP contribution in [-0.4, -0.2) is 17.4 Å². The van der Waals surface area contributed by atoms with Crippen molar-refractivity contribution in [3.8, 4) is 0 Å². The van der Waals surface area contributed by atoms with Gasteiger partial charge in [-0.15, -0.1) is 0 Å². The second-order valence-corrected chi connectivity index (χ2v) is 5.75. The fourth-order valence-corrected chi connectivity index (χ4v) is 2.42. The average molecular weight is 271 g/mol. The summed E-state index contributed by atoms with van der Waals surface area (Å²) in [5.74, 6) is 0.981. The van der Waals surface area contributed by atoms with Crippen LogP contribution >= 0.6 is 11.8 Å². The van der Waals surface area contributed by atoms with Crippen LogP contribution in [0.25, 0.3) is 10.4 Å². The molecule has 0 saturated heterocycles. The lowest BCUT2D eigenvalue weighted by molar-refractivity contribution is -0.109. The van der Waals surface area contributed by atoms with E-state index in [0.29, 0.717) is 6.54 Å². The third-order valence-electron chi connectivity index (χ3n) is 2.77. The van der Waals surface area contributed by atoms with Crippen LogP contribution in [0.2, 0.25) is 0 Å². The maximum atomic E-state index is 10.7. The fourth-order valence-electron chi connectivity index (χ4n) is 1.78. The first-order valence-electron chi connectivity index (χ1n) is 6.91. The molecule has 0 N–H and O–H groups in total. The van der Waals surface area contributed by atoms with E-state index in [1.54, 1.807) is 6.92 Å². The number of azide groups is 1. The maximum absolute atomic E-state index is 10.7. The van der Waals surface area contributed by atoms with Crippen LogP contribution in [0.3, 0.4) is 0 Å². The predicted octanol–water partition coefficient (Wildman–Crippen LogP) is 5.09. The van der Waals surface area contributed by atoms with E-state index < -0.39 is 0 Å². The zero-order chi connectivity index (χ0) is 13.5. The Morgan fingerprint density at radius 1 is 1.00 bits per heavy atom. The molecule has 0 aliphatic heterocycles. The molecule has 0 spiro atoms. The van der Waals surface area contributed by atoms with Gasteiger partial charge in [-0.05, 0) is 18.4 Å². The summed E-state index contributed by atoms with van der Waals surface area (Å²) in [6.45, 7) is 2.27. The highest BCUT2D eigenvalue weighted by atomic mass is 32.2. The van der Waals surface area contributed by atoms with Gasteiger partial charge in [0.2, 0.25) is 0 Å². The Kier molecular flexibility index (Phi) is 13.9. The van der Waals surface area contributed by atoms with Gasteiger partial charge in [-0.25, -0.2) is 0 Å². The van der Waals surface area contributed by atoms with Gasteiger partial charge < -0.3 is 0 Å². The molecule has 104 valence electrons. The number of rotatable bonds is 12. The van der Waals surface area contributed by atoms with Gasteiger partial charge in [-0.2, -0.15) is 0 Å². The molecular formula is C13H25N3OS. The highest BCUT2D eigenvalue weighted by molar-refractivity contribution is 8.13. The molecule has 0 aliphatic rings. The van der Waals surface area contributed by atoms with Crippen molar-refractivity contribution in [2.75, 3.05) is 12.3 Å². The number of carbonyl (C=O) groups excluding carboxylic acids is 1. The van der Waals surface area contributed by atoms with Gasteiger partial charge in [0.1, 0.15) is 0 Å². The van der Waals surface area contributed by atoms with Crippen LogP contribution in [-0.2, 0) is 4.79 Å². The van der Waals surface area contributed by atoms with Crippen LogP contribution in [0.5, 0.6) is 0 Å². The minimum atomic E-state index is 0.232. The first-order chi connectivity index (χ1) is 8.77. The molecule has 0 atom stereocenters. The van der Waals surface area contributed by atoms with Crippen molar-refractivity contribution in [3.05, 3.63) is 10.4 Å². The molecule has 0 bridgehead atoms. The molecule has 0 radical (unpaired) electrons. The van der Waals surface area contributed by atoms with Crippen molar-refractivity contribution in [1.82, 2.24) is 0 Å². The van der Waals surface area contributed by atoms with Gasteiger partial charge in [0.15, 0.2) is 5.12 Å². The quantitative estimate of drug-likeness (QED) is 0.215. The Hall–Kier alpha value is -0.670. The molecule has 18 heavy (non-hydrogen) atoms. The Labute approximate surface area is 115 Å². The zero-order valence-corrected chi connectivity index (χ0v) is 12.3. The van der Waals surface area contributed by atoms with Crippen LogP contribution in [0.4, 0.5) is 0 Å². The summed E-state index contributed by atoms with van der Waals surface area (Å²) in [5, 5.41) is 3.75. The number of carbonyl (C=O) groups is 1. The summed E-state index contributed by atoms with van der Waals surface area (Å²) in [6, 6.07) is 0. The summed E-state index contributed by atoms with van der Waals surface area (Å²) in [6.07, 6.45) is 11.0. The summed E-state index contributed by atoms with van der Waals surface area (Å²) < 4.78 is 0. The van der Waals surface area contributed by atoms with Crippen molar-refractivity contribution in [1.29, 1.82) is 0 Å². The summed E-state index contributed by atoms with van der Waals surface area (Å²) in [4.78, 5) is 13.4. The fraction of sp³-hybridized carbons (Fsp3) is 0.923. The highest BCUT2D eigenvalue weighted by Crippen LogP contribution is 2.12. The molecule has 0 saturated carbocycles. The molecule has 0 aliphatic carbocycles. The molecule has 5 heteroatoms. The molecule has 0 rings (SSSR count). The van der Waals surface area contributed by atoms with Gasteiger partial charge in [-0.1, -0.05) is 61.8 Å². The summed E-state index contributed by atoms with van der Waals surface area (Å²) >= 11 is 1.44. The zero-order valence-electron chi connectivity index (χ0n) is 11.4. The van der Waals surface area contributed by atoms with Crippen molar-refractivity contribution < 1.29 is 4.79 Å². The second-order valence-electron chi connectivity index (χ2n) is 4.48. The molecule has 0 aromatic heterocycles. The van der Waals surface area contributed by atoms with E-state index in [4.69, 9.17) is 5.53 Å².